The lowest BCUT2D eigenvalue weighted by Gasteiger charge is -2.47. The molecule has 8 heteroatoms. The van der Waals surface area contributed by atoms with E-state index in [0.29, 0.717) is 11.7 Å². The fourth-order valence-corrected chi connectivity index (χ4v) is 4.57. The van der Waals surface area contributed by atoms with E-state index in [1.54, 1.807) is 6.20 Å². The monoisotopic (exact) mass is 425 g/mol. The Morgan fingerprint density at radius 3 is 2.58 bits per heavy atom. The summed E-state index contributed by atoms with van der Waals surface area (Å²) in [6.45, 7) is 7.69. The Balaban J connectivity index is 1.47. The van der Waals surface area contributed by atoms with E-state index >= 15 is 0 Å². The minimum atomic E-state index is -0.195. The number of aromatic nitrogens is 3. The maximum atomic E-state index is 12.6. The van der Waals surface area contributed by atoms with Gasteiger partial charge in [-0.05, 0) is 59.1 Å². The highest BCUT2D eigenvalue weighted by Crippen LogP contribution is 2.37. The van der Waals surface area contributed by atoms with Gasteiger partial charge in [0.1, 0.15) is 18.2 Å². The summed E-state index contributed by atoms with van der Waals surface area (Å²) in [5.41, 5.74) is 2.66. The number of amides is 1. The minimum absolute atomic E-state index is 0.0139. The van der Waals surface area contributed by atoms with Gasteiger partial charge in [-0.3, -0.25) is 4.98 Å². The largest absolute Gasteiger partial charge is 0.474 e. The zero-order valence-corrected chi connectivity index (χ0v) is 18.7. The molecule has 4 heterocycles. The third-order valence-electron chi connectivity index (χ3n) is 6.05. The van der Waals surface area contributed by atoms with Crippen molar-refractivity contribution in [1.29, 1.82) is 0 Å². The Bertz CT molecular complexity index is 921. The fraction of sp³-hybridized carbons (Fsp3) is 0.565. The first-order chi connectivity index (χ1) is 14.9. The van der Waals surface area contributed by atoms with Gasteiger partial charge in [-0.1, -0.05) is 0 Å². The van der Waals surface area contributed by atoms with Crippen molar-refractivity contribution in [3.63, 3.8) is 0 Å². The first-order valence-corrected chi connectivity index (χ1v) is 11.1. The number of nitrogens with one attached hydrogen (secondary N) is 1. The predicted molar refractivity (Wildman–Crippen MR) is 118 cm³/mol. The molecule has 0 radical (unpaired) electrons. The number of hydrogen-bond acceptors (Lipinski definition) is 7. The van der Waals surface area contributed by atoms with Gasteiger partial charge in [-0.25, -0.2) is 14.8 Å². The molecular weight excluding hydrogens is 394 g/mol. The lowest BCUT2D eigenvalue weighted by atomic mass is 9.83. The number of pyridine rings is 1. The highest BCUT2D eigenvalue weighted by Gasteiger charge is 2.43. The molecule has 2 aromatic rings. The van der Waals surface area contributed by atoms with Crippen LogP contribution in [0.2, 0.25) is 0 Å². The molecule has 4 rings (SSSR count). The number of nitrogens with zero attached hydrogens (tertiary/aromatic N) is 4. The highest BCUT2D eigenvalue weighted by atomic mass is 16.6. The lowest BCUT2D eigenvalue weighted by Crippen LogP contribution is -2.57. The summed E-state index contributed by atoms with van der Waals surface area (Å²) in [6.07, 6.45) is 7.68. The second kappa shape index (κ2) is 9.08. The number of piperidine rings is 2. The average Bonchev–Trinajstić information content (AvgIpc) is 2.71. The molecule has 2 aliphatic rings. The van der Waals surface area contributed by atoms with Gasteiger partial charge in [0.05, 0.1) is 23.0 Å². The molecule has 0 saturated carbocycles. The van der Waals surface area contributed by atoms with Crippen molar-refractivity contribution < 1.29 is 14.3 Å². The Hall–Kier alpha value is -2.90. The Kier molecular flexibility index (Phi) is 6.25. The zero-order valence-electron chi connectivity index (χ0n) is 18.7. The Morgan fingerprint density at radius 1 is 1.16 bits per heavy atom. The molecule has 2 aromatic heterocycles. The average molecular weight is 426 g/mol. The van der Waals surface area contributed by atoms with Crippen LogP contribution in [0, 0.1) is 13.8 Å². The summed E-state index contributed by atoms with van der Waals surface area (Å²) < 4.78 is 11.8. The van der Waals surface area contributed by atoms with E-state index in [2.05, 4.69) is 20.3 Å². The van der Waals surface area contributed by atoms with E-state index in [1.165, 1.54) is 6.33 Å². The summed E-state index contributed by atoms with van der Waals surface area (Å²) in [4.78, 5) is 27.7. The van der Waals surface area contributed by atoms with Crippen LogP contribution in [0.15, 0.2) is 24.7 Å². The lowest BCUT2D eigenvalue weighted by molar-refractivity contribution is -0.0242. The minimum Gasteiger partial charge on any atom is -0.474 e. The molecule has 2 bridgehead atoms. The van der Waals surface area contributed by atoms with E-state index in [9.17, 15) is 4.79 Å². The molecule has 2 saturated heterocycles. The van der Waals surface area contributed by atoms with Crippen molar-refractivity contribution in [2.24, 2.45) is 0 Å². The van der Waals surface area contributed by atoms with Crippen LogP contribution in [0.1, 0.15) is 57.2 Å². The van der Waals surface area contributed by atoms with E-state index < -0.39 is 0 Å². The molecule has 2 fully saturated rings. The molecule has 166 valence electrons. The van der Waals surface area contributed by atoms with Crippen molar-refractivity contribution in [2.75, 3.05) is 5.32 Å². The molecule has 2 aliphatic heterocycles. The molecule has 0 spiro atoms. The van der Waals surface area contributed by atoms with Gasteiger partial charge >= 0.3 is 6.09 Å². The number of anilines is 2. The van der Waals surface area contributed by atoms with Gasteiger partial charge in [-0.15, -0.1) is 0 Å². The molecule has 1 amide bonds. The number of hydrogen-bond donors (Lipinski definition) is 1. The first kappa shape index (κ1) is 21.3. The number of carbonyl (C=O) groups is 1. The van der Waals surface area contributed by atoms with E-state index in [0.717, 1.165) is 49.0 Å². The van der Waals surface area contributed by atoms with Crippen LogP contribution in [0.4, 0.5) is 16.3 Å². The third kappa shape index (κ3) is 4.73. The van der Waals surface area contributed by atoms with Crippen molar-refractivity contribution in [2.45, 2.75) is 84.1 Å². The third-order valence-corrected chi connectivity index (χ3v) is 6.05. The summed E-state index contributed by atoms with van der Waals surface area (Å²) >= 11 is 0. The van der Waals surface area contributed by atoms with Crippen molar-refractivity contribution in [3.05, 3.63) is 35.9 Å². The van der Waals surface area contributed by atoms with Crippen molar-refractivity contribution in [3.8, 4) is 5.88 Å². The summed E-state index contributed by atoms with van der Waals surface area (Å²) in [5.74, 6) is 1.29. The standard InChI is InChI=1S/C23H31N5O3/c1-14(2)30-23(29)28-17-7-5-8-18(28)12-19(11-17)31-22-15(3)21(25-13-26-22)27-20-9-6-10-24-16(20)4/h6,9-10,13-14,17-19H,5,7-8,11-12H2,1-4H3,(H,25,26,27). The van der Waals surface area contributed by atoms with Crippen LogP contribution in [0.5, 0.6) is 5.88 Å². The number of ether oxygens (including phenoxy) is 2. The summed E-state index contributed by atoms with van der Waals surface area (Å²) in [6, 6.07) is 4.17. The van der Waals surface area contributed by atoms with Crippen LogP contribution in [-0.2, 0) is 4.74 Å². The van der Waals surface area contributed by atoms with E-state index in [4.69, 9.17) is 9.47 Å². The summed E-state index contributed by atoms with van der Waals surface area (Å²) in [5, 5.41) is 3.34. The van der Waals surface area contributed by atoms with Gasteiger partial charge in [0.2, 0.25) is 5.88 Å². The predicted octanol–water partition coefficient (Wildman–Crippen LogP) is 4.54. The number of carbonyl (C=O) groups excluding carboxylic acids is 1. The fourth-order valence-electron chi connectivity index (χ4n) is 4.57. The second-order valence-electron chi connectivity index (χ2n) is 8.70. The van der Waals surface area contributed by atoms with E-state index in [1.807, 2.05) is 44.7 Å². The molecule has 31 heavy (non-hydrogen) atoms. The summed E-state index contributed by atoms with van der Waals surface area (Å²) in [7, 11) is 0. The maximum absolute atomic E-state index is 12.6. The quantitative estimate of drug-likeness (QED) is 0.752. The van der Waals surface area contributed by atoms with Crippen LogP contribution >= 0.6 is 0 Å². The van der Waals surface area contributed by atoms with Gasteiger partial charge < -0.3 is 19.7 Å². The Labute approximate surface area is 183 Å². The van der Waals surface area contributed by atoms with Gasteiger partial charge in [0.25, 0.3) is 0 Å². The number of rotatable bonds is 5. The number of aryl methyl sites for hydroxylation is 1. The molecule has 1 N–H and O–H groups in total. The first-order valence-electron chi connectivity index (χ1n) is 11.1. The van der Waals surface area contributed by atoms with Crippen LogP contribution < -0.4 is 10.1 Å². The van der Waals surface area contributed by atoms with E-state index in [-0.39, 0.29) is 30.4 Å². The van der Waals surface area contributed by atoms with Crippen LogP contribution in [-0.4, -0.2) is 50.2 Å². The molecule has 2 unspecified atom stereocenters. The molecular formula is C23H31N5O3. The zero-order chi connectivity index (χ0) is 22.0. The van der Waals surface area contributed by atoms with Crippen molar-refractivity contribution in [1.82, 2.24) is 19.9 Å². The SMILES string of the molecule is Cc1ncccc1Nc1ncnc(OC2CC3CCCC(C2)N3C(=O)OC(C)C)c1C. The normalized spacial score (nSPS) is 22.9. The topological polar surface area (TPSA) is 89.5 Å². The second-order valence-corrected chi connectivity index (χ2v) is 8.70. The molecule has 2 atom stereocenters. The van der Waals surface area contributed by atoms with Gasteiger partial charge in [0.15, 0.2) is 0 Å². The smallest absolute Gasteiger partial charge is 0.410 e. The molecule has 0 aromatic carbocycles. The highest BCUT2D eigenvalue weighted by molar-refractivity contribution is 5.69. The maximum Gasteiger partial charge on any atom is 0.410 e. The van der Waals surface area contributed by atoms with Gasteiger partial charge in [-0.2, -0.15) is 0 Å². The Morgan fingerprint density at radius 2 is 1.90 bits per heavy atom. The van der Waals surface area contributed by atoms with Crippen molar-refractivity contribution >= 4 is 17.6 Å². The number of fused-ring (bicyclic) bond motifs is 2. The molecule has 8 nitrogen and oxygen atoms in total. The van der Waals surface area contributed by atoms with Gasteiger partial charge in [0, 0.05) is 31.1 Å². The molecule has 0 aliphatic carbocycles. The van der Waals surface area contributed by atoms with Crippen LogP contribution in [0.25, 0.3) is 0 Å². The van der Waals surface area contributed by atoms with Crippen LogP contribution in [0.3, 0.4) is 0 Å².